The molecule has 6 heteroatoms. The summed E-state index contributed by atoms with van der Waals surface area (Å²) in [6.45, 7) is -0.0624. The third-order valence-electron chi connectivity index (χ3n) is 2.52. The average Bonchev–Trinajstić information content (AvgIpc) is 2.46. The number of ether oxygens (including phenoxy) is 1. The van der Waals surface area contributed by atoms with Crippen LogP contribution in [0.3, 0.4) is 0 Å². The third-order valence-corrected chi connectivity index (χ3v) is 2.77. The number of carbonyl (C=O) groups is 1. The molecule has 2 aromatic carbocycles. The van der Waals surface area contributed by atoms with Crippen LogP contribution >= 0.6 is 11.6 Å². The molecule has 2 rings (SSSR count). The van der Waals surface area contributed by atoms with Crippen LogP contribution in [-0.2, 0) is 4.79 Å². The SMILES string of the molecule is [B]c1ccc([B]NC(=O)COc2ccc(Cl)cc2)cc1. The second kappa shape index (κ2) is 7.06. The Kier molecular flexibility index (Phi) is 5.13. The fourth-order valence-electron chi connectivity index (χ4n) is 1.48. The minimum Gasteiger partial charge on any atom is -0.484 e. The lowest BCUT2D eigenvalue weighted by molar-refractivity contribution is -0.121. The van der Waals surface area contributed by atoms with Crippen molar-refractivity contribution in [3.63, 3.8) is 0 Å². The van der Waals surface area contributed by atoms with Gasteiger partial charge >= 0.3 is 0 Å². The van der Waals surface area contributed by atoms with Gasteiger partial charge in [-0.3, -0.25) is 4.79 Å². The zero-order valence-corrected chi connectivity index (χ0v) is 11.4. The molecular weight excluding hydrogens is 271 g/mol. The predicted molar refractivity (Wildman–Crippen MR) is 82.3 cm³/mol. The minimum atomic E-state index is -0.239. The van der Waals surface area contributed by atoms with Crippen molar-refractivity contribution in [1.29, 1.82) is 0 Å². The van der Waals surface area contributed by atoms with Crippen molar-refractivity contribution in [2.24, 2.45) is 0 Å². The van der Waals surface area contributed by atoms with E-state index < -0.39 is 0 Å². The molecule has 0 heterocycles. The predicted octanol–water partition coefficient (Wildman–Crippen LogP) is 0.574. The maximum atomic E-state index is 11.6. The lowest BCUT2D eigenvalue weighted by Crippen LogP contribution is -2.38. The van der Waals surface area contributed by atoms with Crippen LogP contribution in [0.2, 0.25) is 5.02 Å². The Balaban J connectivity index is 1.75. The lowest BCUT2D eigenvalue weighted by atomic mass is 9.81. The fraction of sp³-hybridized carbons (Fsp3) is 0.0714. The Labute approximate surface area is 125 Å². The van der Waals surface area contributed by atoms with Gasteiger partial charge in [-0.15, -0.1) is 0 Å². The van der Waals surface area contributed by atoms with E-state index in [1.165, 1.54) is 0 Å². The van der Waals surface area contributed by atoms with E-state index >= 15 is 0 Å². The van der Waals surface area contributed by atoms with Crippen LogP contribution in [0.4, 0.5) is 0 Å². The van der Waals surface area contributed by atoms with E-state index in [1.807, 2.05) is 12.1 Å². The molecule has 0 bridgehead atoms. The third kappa shape index (κ3) is 4.67. The Morgan fingerprint density at radius 1 is 1.15 bits per heavy atom. The van der Waals surface area contributed by atoms with Gasteiger partial charge < -0.3 is 9.96 Å². The van der Waals surface area contributed by atoms with Crippen molar-refractivity contribution in [3.05, 3.63) is 53.6 Å². The first-order chi connectivity index (χ1) is 9.63. The van der Waals surface area contributed by atoms with Gasteiger partial charge in [-0.25, -0.2) is 0 Å². The standard InChI is InChI=1S/C14H11B2ClNO2/c15-10-1-3-11(4-2-10)16-18-14(19)9-20-13-7-5-12(17)6-8-13/h1-8H,9H2,(H,18,19). The summed E-state index contributed by atoms with van der Waals surface area (Å²) in [6, 6.07) is 14.0. The molecule has 0 saturated carbocycles. The van der Waals surface area contributed by atoms with Crippen molar-refractivity contribution in [1.82, 2.24) is 5.23 Å². The van der Waals surface area contributed by atoms with E-state index in [9.17, 15) is 4.79 Å². The Morgan fingerprint density at radius 2 is 1.80 bits per heavy atom. The van der Waals surface area contributed by atoms with Gasteiger partial charge in [-0.2, -0.15) is 0 Å². The van der Waals surface area contributed by atoms with Crippen LogP contribution in [0.25, 0.3) is 0 Å². The van der Waals surface area contributed by atoms with Gasteiger partial charge in [-0.1, -0.05) is 46.8 Å². The molecule has 0 atom stereocenters. The number of rotatable bonds is 5. The Hall–Kier alpha value is -1.87. The number of hydrogen-bond acceptors (Lipinski definition) is 2. The minimum absolute atomic E-state index is 0.0624. The number of halogens is 1. The molecule has 0 aliphatic rings. The second-order valence-electron chi connectivity index (χ2n) is 4.12. The average molecular weight is 282 g/mol. The largest absolute Gasteiger partial charge is 0.484 e. The highest BCUT2D eigenvalue weighted by atomic mass is 35.5. The molecular formula is C14H11B2ClNO2. The van der Waals surface area contributed by atoms with Crippen LogP contribution in [0.15, 0.2) is 48.5 Å². The van der Waals surface area contributed by atoms with E-state index in [2.05, 4.69) is 5.23 Å². The van der Waals surface area contributed by atoms with E-state index in [1.54, 1.807) is 43.8 Å². The highest BCUT2D eigenvalue weighted by Gasteiger charge is 2.04. The summed E-state index contributed by atoms with van der Waals surface area (Å²) in [5, 5.41) is 3.27. The summed E-state index contributed by atoms with van der Waals surface area (Å²) in [6.07, 6.45) is 0. The molecule has 0 aromatic heterocycles. The summed E-state index contributed by atoms with van der Waals surface area (Å²) in [4.78, 5) is 11.6. The van der Waals surface area contributed by atoms with Gasteiger partial charge in [0.1, 0.15) is 13.6 Å². The molecule has 97 valence electrons. The molecule has 0 spiro atoms. The number of benzene rings is 2. The van der Waals surface area contributed by atoms with Crippen LogP contribution in [0.1, 0.15) is 0 Å². The van der Waals surface area contributed by atoms with E-state index in [0.717, 1.165) is 5.46 Å². The van der Waals surface area contributed by atoms with Crippen molar-refractivity contribution >= 4 is 43.7 Å². The zero-order chi connectivity index (χ0) is 14.4. The van der Waals surface area contributed by atoms with E-state index in [-0.39, 0.29) is 12.5 Å². The smallest absolute Gasteiger partial charge is 0.284 e. The lowest BCUT2D eigenvalue weighted by Gasteiger charge is -2.07. The first kappa shape index (κ1) is 14.5. The number of carbonyl (C=O) groups excluding carboxylic acids is 1. The summed E-state index contributed by atoms with van der Waals surface area (Å²) >= 11 is 5.75. The molecule has 3 nitrogen and oxygen atoms in total. The van der Waals surface area contributed by atoms with Gasteiger partial charge in [0.15, 0.2) is 6.61 Å². The van der Waals surface area contributed by atoms with Crippen molar-refractivity contribution in [2.45, 2.75) is 0 Å². The van der Waals surface area contributed by atoms with E-state index in [0.29, 0.717) is 16.2 Å². The number of amides is 1. The van der Waals surface area contributed by atoms with Crippen molar-refractivity contribution in [2.75, 3.05) is 6.61 Å². The maximum absolute atomic E-state index is 11.6. The molecule has 0 saturated heterocycles. The molecule has 0 unspecified atom stereocenters. The molecule has 0 fully saturated rings. The monoisotopic (exact) mass is 282 g/mol. The highest BCUT2D eigenvalue weighted by molar-refractivity contribution is 6.54. The number of hydrogen-bond donors (Lipinski definition) is 1. The molecule has 2 aromatic rings. The summed E-state index contributed by atoms with van der Waals surface area (Å²) in [7, 11) is 7.18. The van der Waals surface area contributed by atoms with Crippen molar-refractivity contribution in [3.8, 4) is 5.75 Å². The van der Waals surface area contributed by atoms with Gasteiger partial charge in [0.05, 0.1) is 0 Å². The number of nitrogens with one attached hydrogen (secondary N) is 1. The molecule has 3 radical (unpaired) electrons. The van der Waals surface area contributed by atoms with Gasteiger partial charge in [0, 0.05) is 5.02 Å². The van der Waals surface area contributed by atoms with Gasteiger partial charge in [-0.05, 0) is 24.3 Å². The van der Waals surface area contributed by atoms with Crippen molar-refractivity contribution < 1.29 is 9.53 Å². The topological polar surface area (TPSA) is 38.3 Å². The van der Waals surface area contributed by atoms with Gasteiger partial charge in [0.2, 0.25) is 5.91 Å². The Morgan fingerprint density at radius 3 is 2.45 bits per heavy atom. The summed E-state index contributed by atoms with van der Waals surface area (Å²) in [5.74, 6) is 0.355. The first-order valence-corrected chi connectivity index (χ1v) is 6.38. The first-order valence-electron chi connectivity index (χ1n) is 6.00. The quantitative estimate of drug-likeness (QED) is 0.815. The van der Waals surface area contributed by atoms with Crippen LogP contribution in [0, 0.1) is 0 Å². The normalized spacial score (nSPS) is 9.85. The highest BCUT2D eigenvalue weighted by Crippen LogP contribution is 2.15. The zero-order valence-electron chi connectivity index (χ0n) is 10.7. The maximum Gasteiger partial charge on any atom is 0.284 e. The van der Waals surface area contributed by atoms with E-state index in [4.69, 9.17) is 24.2 Å². The Bertz CT molecular complexity index is 521. The van der Waals surface area contributed by atoms with Crippen LogP contribution < -0.4 is 20.9 Å². The molecule has 20 heavy (non-hydrogen) atoms. The fourth-order valence-corrected chi connectivity index (χ4v) is 1.60. The summed E-state index contributed by atoms with van der Waals surface area (Å²) < 4.78 is 5.32. The molecule has 1 amide bonds. The van der Waals surface area contributed by atoms with Crippen LogP contribution in [0.5, 0.6) is 5.75 Å². The molecule has 0 aliphatic heterocycles. The molecule has 1 N–H and O–H groups in total. The van der Waals surface area contributed by atoms with Gasteiger partial charge in [0.25, 0.3) is 7.41 Å². The van der Waals surface area contributed by atoms with Crippen LogP contribution in [-0.4, -0.2) is 27.8 Å². The second-order valence-corrected chi connectivity index (χ2v) is 4.56. The molecule has 0 aliphatic carbocycles. The summed E-state index contributed by atoms with van der Waals surface area (Å²) in [5.41, 5.74) is 1.54.